The maximum absolute atomic E-state index is 9.49. The van der Waals surface area contributed by atoms with Gasteiger partial charge in [0.2, 0.25) is 0 Å². The third-order valence-corrected chi connectivity index (χ3v) is 4.99. The van der Waals surface area contributed by atoms with Crippen molar-refractivity contribution in [3.05, 3.63) is 46.2 Å². The Balaban J connectivity index is 1.77. The lowest BCUT2D eigenvalue weighted by atomic mass is 10.00. The van der Waals surface area contributed by atoms with Crippen LogP contribution >= 0.6 is 15.9 Å². The highest BCUT2D eigenvalue weighted by Gasteiger charge is 2.19. The Morgan fingerprint density at radius 1 is 1.25 bits per heavy atom. The number of anilines is 2. The Kier molecular flexibility index (Phi) is 5.36. The van der Waals surface area contributed by atoms with Gasteiger partial charge in [-0.15, -0.1) is 0 Å². The molecule has 2 aromatic rings. The lowest BCUT2D eigenvalue weighted by Crippen LogP contribution is -2.32. The molecule has 1 aliphatic rings. The second-order valence-electron chi connectivity index (χ2n) is 6.52. The molecule has 1 atom stereocenters. The van der Waals surface area contributed by atoms with Gasteiger partial charge in [-0.05, 0) is 35.6 Å². The summed E-state index contributed by atoms with van der Waals surface area (Å²) in [6.07, 6.45) is 2.60. The van der Waals surface area contributed by atoms with E-state index in [1.807, 2.05) is 6.07 Å². The summed E-state index contributed by atoms with van der Waals surface area (Å²) in [5.74, 6) is 2.00. The maximum Gasteiger partial charge on any atom is 0.134 e. The fourth-order valence-electron chi connectivity index (χ4n) is 2.93. The number of aliphatic hydroxyl groups is 1. The number of aromatic nitrogens is 2. The number of hydrogen-bond donors (Lipinski definition) is 2. The predicted molar refractivity (Wildman–Crippen MR) is 100 cm³/mol. The highest BCUT2D eigenvalue weighted by atomic mass is 79.9. The second-order valence-corrected chi connectivity index (χ2v) is 7.44. The van der Waals surface area contributed by atoms with Crippen LogP contribution < -0.4 is 10.2 Å². The minimum Gasteiger partial charge on any atom is -0.394 e. The van der Waals surface area contributed by atoms with Gasteiger partial charge in [0.05, 0.1) is 12.6 Å². The molecule has 5 nitrogen and oxygen atoms in total. The number of halogens is 1. The lowest BCUT2D eigenvalue weighted by Gasteiger charge is -2.30. The van der Waals surface area contributed by atoms with E-state index in [4.69, 9.17) is 0 Å². The van der Waals surface area contributed by atoms with Gasteiger partial charge < -0.3 is 15.3 Å². The van der Waals surface area contributed by atoms with E-state index in [9.17, 15) is 5.11 Å². The highest BCUT2D eigenvalue weighted by Crippen LogP contribution is 2.26. The van der Waals surface area contributed by atoms with Gasteiger partial charge in [0.15, 0.2) is 0 Å². The average molecular weight is 391 g/mol. The fourth-order valence-corrected chi connectivity index (χ4v) is 3.34. The number of rotatable bonds is 5. The minimum atomic E-state index is -0.00853. The first-order chi connectivity index (χ1) is 11.6. The molecule has 0 bridgehead atoms. The predicted octanol–water partition coefficient (Wildman–Crippen LogP) is 3.23. The number of nitrogens with one attached hydrogen (secondary N) is 1. The second kappa shape index (κ2) is 7.49. The zero-order valence-corrected chi connectivity index (χ0v) is 15.6. The van der Waals surface area contributed by atoms with Crippen LogP contribution in [0.15, 0.2) is 35.1 Å². The molecule has 2 N–H and O–H groups in total. The molecule has 0 amide bonds. The van der Waals surface area contributed by atoms with Gasteiger partial charge >= 0.3 is 0 Å². The van der Waals surface area contributed by atoms with Gasteiger partial charge in [-0.3, -0.25) is 0 Å². The molecule has 0 fully saturated rings. The molecular formula is C18H23BrN4O. The van der Waals surface area contributed by atoms with Crippen molar-refractivity contribution in [1.29, 1.82) is 0 Å². The molecule has 0 aliphatic carbocycles. The lowest BCUT2D eigenvalue weighted by molar-refractivity contribution is 0.249. The van der Waals surface area contributed by atoms with Crippen LogP contribution in [0.2, 0.25) is 0 Å². The third-order valence-electron chi connectivity index (χ3n) is 4.49. The van der Waals surface area contributed by atoms with Crippen LogP contribution in [-0.4, -0.2) is 34.3 Å². The van der Waals surface area contributed by atoms with E-state index in [-0.39, 0.29) is 12.6 Å². The monoisotopic (exact) mass is 390 g/mol. The van der Waals surface area contributed by atoms with Crippen LogP contribution in [0.25, 0.3) is 0 Å². The van der Waals surface area contributed by atoms with Crippen LogP contribution in [0.5, 0.6) is 0 Å². The first-order valence-electron chi connectivity index (χ1n) is 8.28. The van der Waals surface area contributed by atoms with Crippen LogP contribution in [0.3, 0.4) is 0 Å². The number of nitrogens with zero attached hydrogens (tertiary/aromatic N) is 3. The fraction of sp³-hybridized carbons (Fsp3) is 0.444. The summed E-state index contributed by atoms with van der Waals surface area (Å²) in [7, 11) is 0. The van der Waals surface area contributed by atoms with E-state index < -0.39 is 0 Å². The first kappa shape index (κ1) is 17.2. The zero-order chi connectivity index (χ0) is 17.1. The van der Waals surface area contributed by atoms with Crippen molar-refractivity contribution in [1.82, 2.24) is 9.97 Å². The first-order valence-corrected chi connectivity index (χ1v) is 9.08. The van der Waals surface area contributed by atoms with Crippen molar-refractivity contribution < 1.29 is 5.11 Å². The number of benzene rings is 1. The molecule has 24 heavy (non-hydrogen) atoms. The van der Waals surface area contributed by atoms with E-state index in [1.165, 1.54) is 11.1 Å². The summed E-state index contributed by atoms with van der Waals surface area (Å²) >= 11 is 3.55. The molecule has 0 saturated heterocycles. The molecule has 0 radical (unpaired) electrons. The van der Waals surface area contributed by atoms with Gasteiger partial charge in [-0.25, -0.2) is 9.97 Å². The Hall–Kier alpha value is -1.66. The highest BCUT2D eigenvalue weighted by molar-refractivity contribution is 9.10. The Bertz CT molecular complexity index is 707. The summed E-state index contributed by atoms with van der Waals surface area (Å²) in [5, 5.41) is 12.8. The average Bonchev–Trinajstić information content (AvgIpc) is 2.59. The number of aliphatic hydroxyl groups excluding tert-OH is 1. The van der Waals surface area contributed by atoms with Gasteiger partial charge in [0.25, 0.3) is 0 Å². The normalized spacial score (nSPS) is 15.3. The minimum absolute atomic E-state index is 0.00853. The number of hydrogen-bond acceptors (Lipinski definition) is 5. The molecule has 1 aromatic carbocycles. The van der Waals surface area contributed by atoms with Gasteiger partial charge in [0.1, 0.15) is 18.0 Å². The maximum atomic E-state index is 9.49. The third kappa shape index (κ3) is 3.87. The molecule has 0 spiro atoms. The molecule has 1 aromatic heterocycles. The van der Waals surface area contributed by atoms with Crippen LogP contribution in [-0.2, 0) is 13.0 Å². The molecule has 6 heteroatoms. The van der Waals surface area contributed by atoms with Crippen molar-refractivity contribution in [3.63, 3.8) is 0 Å². The van der Waals surface area contributed by atoms with Crippen molar-refractivity contribution in [2.24, 2.45) is 5.92 Å². The van der Waals surface area contributed by atoms with Crippen LogP contribution in [0.1, 0.15) is 25.0 Å². The molecular weight excluding hydrogens is 368 g/mol. The van der Waals surface area contributed by atoms with Crippen LogP contribution in [0.4, 0.5) is 11.6 Å². The van der Waals surface area contributed by atoms with Crippen molar-refractivity contribution in [2.45, 2.75) is 32.9 Å². The topological polar surface area (TPSA) is 61.3 Å². The van der Waals surface area contributed by atoms with Crippen molar-refractivity contribution in [3.8, 4) is 0 Å². The Morgan fingerprint density at radius 2 is 2.08 bits per heavy atom. The van der Waals surface area contributed by atoms with Gasteiger partial charge in [0, 0.05) is 23.6 Å². The van der Waals surface area contributed by atoms with E-state index >= 15 is 0 Å². The molecule has 0 saturated carbocycles. The van der Waals surface area contributed by atoms with Gasteiger partial charge in [-0.1, -0.05) is 35.8 Å². The zero-order valence-electron chi connectivity index (χ0n) is 14.0. The summed E-state index contributed by atoms with van der Waals surface area (Å²) in [6, 6.07) is 8.43. The molecule has 2 heterocycles. The Morgan fingerprint density at radius 3 is 2.83 bits per heavy atom. The smallest absolute Gasteiger partial charge is 0.134 e. The molecule has 0 unspecified atom stereocenters. The largest absolute Gasteiger partial charge is 0.394 e. The van der Waals surface area contributed by atoms with E-state index in [2.05, 4.69) is 68.2 Å². The standard InChI is InChI=1S/C18H23BrN4O/c1-12(2)16(10-24)22-17-8-18(21-11-20-17)23-6-5-13-3-4-15(19)7-14(13)9-23/h3-4,7-8,11-12,16,24H,5-6,9-10H2,1-2H3,(H,20,21,22)/t16-/m1/s1. The summed E-state index contributed by atoms with van der Waals surface area (Å²) in [6.45, 7) is 6.03. The van der Waals surface area contributed by atoms with E-state index in [0.29, 0.717) is 5.92 Å². The van der Waals surface area contributed by atoms with E-state index in [0.717, 1.165) is 35.6 Å². The van der Waals surface area contributed by atoms with E-state index in [1.54, 1.807) is 6.33 Å². The van der Waals surface area contributed by atoms with Crippen LogP contribution in [0, 0.1) is 5.92 Å². The molecule has 128 valence electrons. The molecule has 3 rings (SSSR count). The Labute approximate surface area is 151 Å². The quantitative estimate of drug-likeness (QED) is 0.820. The SMILES string of the molecule is CC(C)[C@@H](CO)Nc1cc(N2CCc3ccc(Br)cc3C2)ncn1. The summed E-state index contributed by atoms with van der Waals surface area (Å²) in [5.41, 5.74) is 2.74. The summed E-state index contributed by atoms with van der Waals surface area (Å²) < 4.78 is 1.11. The van der Waals surface area contributed by atoms with Crippen molar-refractivity contribution >= 4 is 27.6 Å². The van der Waals surface area contributed by atoms with Gasteiger partial charge in [-0.2, -0.15) is 0 Å². The van der Waals surface area contributed by atoms with Crippen molar-refractivity contribution in [2.75, 3.05) is 23.4 Å². The molecule has 1 aliphatic heterocycles. The number of fused-ring (bicyclic) bond motifs is 1. The summed E-state index contributed by atoms with van der Waals surface area (Å²) in [4.78, 5) is 11.0.